The third kappa shape index (κ3) is 6.39. The molecule has 3 atom stereocenters. The van der Waals surface area contributed by atoms with Crippen LogP contribution < -0.4 is 24.8 Å². The molecule has 2 aromatic rings. The standard InChI is InChI=1S/C30H38N4O8/c1-18-14-34(19(2)16-35)29(37)22-5-4-6-23(32-28(36)20-9-11-39-12-10-20)27(22)42-26(18)15-33(3)30(38)31-21-7-8-24-25(13-21)41-17-40-24/h4-8,13,18-20,26,35H,9-12,14-17H2,1-3H3,(H,31,38)(H,32,36)/t18-,19-,26-/m1/s1. The lowest BCUT2D eigenvalue weighted by molar-refractivity contribution is -0.122. The molecule has 0 saturated carbocycles. The number of aliphatic hydroxyl groups is 1. The molecule has 3 aliphatic rings. The Morgan fingerprint density at radius 2 is 1.88 bits per heavy atom. The zero-order valence-corrected chi connectivity index (χ0v) is 24.1. The van der Waals surface area contributed by atoms with Crippen LogP contribution in [-0.2, 0) is 9.53 Å². The summed E-state index contributed by atoms with van der Waals surface area (Å²) in [5.74, 6) is 0.541. The molecule has 1 fully saturated rings. The number of carbonyl (C=O) groups excluding carboxylic acids is 3. The Labute approximate surface area is 244 Å². The highest BCUT2D eigenvalue weighted by molar-refractivity contribution is 6.02. The topological polar surface area (TPSA) is 139 Å². The van der Waals surface area contributed by atoms with Crippen LogP contribution in [0.4, 0.5) is 16.2 Å². The van der Waals surface area contributed by atoms with Crippen molar-refractivity contribution < 1.29 is 38.4 Å². The number of amides is 4. The highest BCUT2D eigenvalue weighted by Gasteiger charge is 2.35. The van der Waals surface area contributed by atoms with E-state index in [-0.39, 0.29) is 60.9 Å². The molecular weight excluding hydrogens is 544 g/mol. The summed E-state index contributed by atoms with van der Waals surface area (Å²) in [6.45, 7) is 5.18. The predicted octanol–water partition coefficient (Wildman–Crippen LogP) is 3.16. The lowest BCUT2D eigenvalue weighted by atomic mass is 9.98. The van der Waals surface area contributed by atoms with Crippen molar-refractivity contribution in [1.29, 1.82) is 0 Å². The van der Waals surface area contributed by atoms with Crippen LogP contribution in [0.15, 0.2) is 36.4 Å². The maximum atomic E-state index is 13.7. The van der Waals surface area contributed by atoms with Crippen molar-refractivity contribution in [3.05, 3.63) is 42.0 Å². The van der Waals surface area contributed by atoms with Gasteiger partial charge < -0.3 is 44.5 Å². The molecule has 0 bridgehead atoms. The number of aliphatic hydroxyl groups excluding tert-OH is 1. The molecule has 0 unspecified atom stereocenters. The number of carbonyl (C=O) groups is 3. The van der Waals surface area contributed by atoms with E-state index in [1.807, 2.05) is 6.92 Å². The molecule has 42 heavy (non-hydrogen) atoms. The quantitative estimate of drug-likeness (QED) is 0.453. The average Bonchev–Trinajstić information content (AvgIpc) is 3.47. The number of anilines is 2. The van der Waals surface area contributed by atoms with Crippen molar-refractivity contribution in [2.75, 3.05) is 57.4 Å². The third-order valence-corrected chi connectivity index (χ3v) is 7.97. The molecule has 0 spiro atoms. The summed E-state index contributed by atoms with van der Waals surface area (Å²) in [6, 6.07) is 9.43. The minimum atomic E-state index is -0.543. The Hall–Kier alpha value is -4.03. The first kappa shape index (κ1) is 29.5. The molecule has 0 aromatic heterocycles. The molecule has 3 N–H and O–H groups in total. The molecule has 2 aromatic carbocycles. The highest BCUT2D eigenvalue weighted by Crippen LogP contribution is 2.36. The molecule has 3 heterocycles. The van der Waals surface area contributed by atoms with Crippen molar-refractivity contribution in [3.8, 4) is 17.2 Å². The van der Waals surface area contributed by atoms with Gasteiger partial charge in [0.15, 0.2) is 17.2 Å². The molecule has 226 valence electrons. The number of benzene rings is 2. The molecule has 0 aliphatic carbocycles. The van der Waals surface area contributed by atoms with Gasteiger partial charge in [-0.1, -0.05) is 13.0 Å². The van der Waals surface area contributed by atoms with Crippen LogP contribution in [0.25, 0.3) is 0 Å². The molecule has 12 nitrogen and oxygen atoms in total. The van der Waals surface area contributed by atoms with Gasteiger partial charge in [0, 0.05) is 50.4 Å². The fraction of sp³-hybridized carbons (Fsp3) is 0.500. The van der Waals surface area contributed by atoms with Gasteiger partial charge >= 0.3 is 6.03 Å². The number of nitrogens with one attached hydrogen (secondary N) is 2. The SMILES string of the molecule is C[C@@H]1CN([C@H](C)CO)C(=O)c2cccc(NC(=O)C3CCOCC3)c2O[C@@H]1CN(C)C(=O)Nc1ccc2c(c1)OCO2. The molecule has 0 radical (unpaired) electrons. The van der Waals surface area contributed by atoms with Crippen LogP contribution in [-0.4, -0.2) is 91.6 Å². The number of hydrogen-bond donors (Lipinski definition) is 3. The smallest absolute Gasteiger partial charge is 0.321 e. The Bertz CT molecular complexity index is 1310. The van der Waals surface area contributed by atoms with Crippen molar-refractivity contribution in [2.24, 2.45) is 11.8 Å². The lowest BCUT2D eigenvalue weighted by Gasteiger charge is -2.38. The van der Waals surface area contributed by atoms with E-state index in [1.165, 1.54) is 4.90 Å². The van der Waals surface area contributed by atoms with Crippen LogP contribution in [0.3, 0.4) is 0 Å². The Balaban J connectivity index is 1.39. The van der Waals surface area contributed by atoms with Gasteiger partial charge in [-0.15, -0.1) is 0 Å². The summed E-state index contributed by atoms with van der Waals surface area (Å²) in [6.07, 6.45) is 0.690. The van der Waals surface area contributed by atoms with E-state index < -0.39 is 12.1 Å². The number of urea groups is 1. The molecule has 1 saturated heterocycles. The van der Waals surface area contributed by atoms with E-state index in [0.717, 1.165) is 0 Å². The van der Waals surface area contributed by atoms with Gasteiger partial charge in [0.25, 0.3) is 5.91 Å². The number of fused-ring (bicyclic) bond motifs is 2. The van der Waals surface area contributed by atoms with Crippen molar-refractivity contribution in [3.63, 3.8) is 0 Å². The molecular formula is C30H38N4O8. The molecule has 3 aliphatic heterocycles. The first-order valence-corrected chi connectivity index (χ1v) is 14.3. The summed E-state index contributed by atoms with van der Waals surface area (Å²) in [5.41, 5.74) is 1.23. The second-order valence-electron chi connectivity index (χ2n) is 11.1. The van der Waals surface area contributed by atoms with Crippen LogP contribution in [0.5, 0.6) is 17.2 Å². The van der Waals surface area contributed by atoms with E-state index in [4.69, 9.17) is 18.9 Å². The van der Waals surface area contributed by atoms with Gasteiger partial charge in [0.2, 0.25) is 12.7 Å². The second-order valence-corrected chi connectivity index (χ2v) is 11.1. The highest BCUT2D eigenvalue weighted by atomic mass is 16.7. The second kappa shape index (κ2) is 12.9. The third-order valence-electron chi connectivity index (χ3n) is 7.97. The normalized spacial score (nSPS) is 21.0. The molecule has 5 rings (SSSR count). The number of hydrogen-bond acceptors (Lipinski definition) is 8. The number of nitrogens with zero attached hydrogens (tertiary/aromatic N) is 2. The number of para-hydroxylation sites is 1. The monoisotopic (exact) mass is 582 g/mol. The maximum Gasteiger partial charge on any atom is 0.321 e. The van der Waals surface area contributed by atoms with Gasteiger partial charge in [-0.25, -0.2) is 4.79 Å². The zero-order valence-electron chi connectivity index (χ0n) is 24.1. The Morgan fingerprint density at radius 1 is 1.12 bits per heavy atom. The number of rotatable bonds is 7. The van der Waals surface area contributed by atoms with Gasteiger partial charge in [-0.05, 0) is 44.0 Å². The largest absolute Gasteiger partial charge is 0.485 e. The summed E-state index contributed by atoms with van der Waals surface area (Å²) in [4.78, 5) is 43.1. The Kier molecular flexibility index (Phi) is 9.03. The summed E-state index contributed by atoms with van der Waals surface area (Å²) in [7, 11) is 1.66. The van der Waals surface area contributed by atoms with E-state index in [0.29, 0.717) is 55.5 Å². The summed E-state index contributed by atoms with van der Waals surface area (Å²) >= 11 is 0. The van der Waals surface area contributed by atoms with Crippen molar-refractivity contribution >= 4 is 29.2 Å². The molecule has 4 amide bonds. The van der Waals surface area contributed by atoms with Gasteiger partial charge in [-0.2, -0.15) is 0 Å². The van der Waals surface area contributed by atoms with Crippen LogP contribution in [0, 0.1) is 11.8 Å². The van der Waals surface area contributed by atoms with Crippen molar-refractivity contribution in [2.45, 2.75) is 38.8 Å². The van der Waals surface area contributed by atoms with Crippen LogP contribution >= 0.6 is 0 Å². The number of ether oxygens (including phenoxy) is 4. The summed E-state index contributed by atoms with van der Waals surface area (Å²) < 4.78 is 22.7. The van der Waals surface area contributed by atoms with E-state index in [1.54, 1.807) is 55.3 Å². The zero-order chi connectivity index (χ0) is 29.8. The minimum Gasteiger partial charge on any atom is -0.485 e. The van der Waals surface area contributed by atoms with Gasteiger partial charge in [0.1, 0.15) is 6.10 Å². The average molecular weight is 583 g/mol. The minimum absolute atomic E-state index is 0.136. The van der Waals surface area contributed by atoms with Crippen LogP contribution in [0.2, 0.25) is 0 Å². The first-order valence-electron chi connectivity index (χ1n) is 14.3. The van der Waals surface area contributed by atoms with E-state index in [2.05, 4.69) is 10.6 Å². The first-order chi connectivity index (χ1) is 20.2. The Morgan fingerprint density at radius 3 is 2.64 bits per heavy atom. The van der Waals surface area contributed by atoms with Crippen LogP contribution in [0.1, 0.15) is 37.0 Å². The van der Waals surface area contributed by atoms with E-state index >= 15 is 0 Å². The summed E-state index contributed by atoms with van der Waals surface area (Å²) in [5, 5.41) is 15.8. The van der Waals surface area contributed by atoms with Gasteiger partial charge in [0.05, 0.1) is 30.4 Å². The van der Waals surface area contributed by atoms with Crippen molar-refractivity contribution in [1.82, 2.24) is 9.80 Å². The predicted molar refractivity (Wildman–Crippen MR) is 154 cm³/mol. The lowest BCUT2D eigenvalue weighted by Crippen LogP contribution is -2.50. The van der Waals surface area contributed by atoms with Gasteiger partial charge in [-0.3, -0.25) is 9.59 Å². The van der Waals surface area contributed by atoms with E-state index in [9.17, 15) is 19.5 Å². The molecule has 12 heteroatoms. The fourth-order valence-electron chi connectivity index (χ4n) is 5.30. The maximum absolute atomic E-state index is 13.7. The number of likely N-dealkylation sites (N-methyl/N-ethyl adjacent to an activating group) is 1. The fourth-order valence-corrected chi connectivity index (χ4v) is 5.30.